The third kappa shape index (κ3) is 3.20. The lowest BCUT2D eigenvalue weighted by molar-refractivity contribution is -0.149. The van der Waals surface area contributed by atoms with E-state index in [0.29, 0.717) is 24.2 Å². The second-order valence-corrected chi connectivity index (χ2v) is 7.57. The van der Waals surface area contributed by atoms with E-state index in [1.54, 1.807) is 0 Å². The van der Waals surface area contributed by atoms with Gasteiger partial charge in [0.15, 0.2) is 5.82 Å². The summed E-state index contributed by atoms with van der Waals surface area (Å²) in [5.74, 6) is 1.84. The van der Waals surface area contributed by atoms with E-state index >= 15 is 0 Å². The van der Waals surface area contributed by atoms with Crippen molar-refractivity contribution >= 4 is 5.91 Å². The van der Waals surface area contributed by atoms with Gasteiger partial charge in [0.1, 0.15) is 0 Å². The molecule has 5 heteroatoms. The Morgan fingerprint density at radius 1 is 1.28 bits per heavy atom. The normalized spacial score (nSPS) is 22.4. The SMILES string of the molecule is Cc1noc([C@H]2CCCN(C(=O)C3(Cc4ccccc4)CCC3)C2)n1. The van der Waals surface area contributed by atoms with E-state index in [1.165, 1.54) is 5.56 Å². The van der Waals surface area contributed by atoms with Crippen molar-refractivity contribution in [2.45, 2.75) is 51.4 Å². The first-order valence-corrected chi connectivity index (χ1v) is 9.30. The van der Waals surface area contributed by atoms with Crippen LogP contribution in [0.5, 0.6) is 0 Å². The largest absolute Gasteiger partial charge is 0.341 e. The van der Waals surface area contributed by atoms with E-state index in [2.05, 4.69) is 39.3 Å². The number of hydrogen-bond acceptors (Lipinski definition) is 4. The molecule has 1 amide bonds. The Morgan fingerprint density at radius 3 is 2.72 bits per heavy atom. The average Bonchev–Trinajstić information content (AvgIpc) is 3.05. The summed E-state index contributed by atoms with van der Waals surface area (Å²) in [6.45, 7) is 3.39. The fourth-order valence-electron chi connectivity index (χ4n) is 4.23. The molecule has 1 aliphatic carbocycles. The van der Waals surface area contributed by atoms with Gasteiger partial charge in [0, 0.05) is 13.1 Å². The highest BCUT2D eigenvalue weighted by Crippen LogP contribution is 2.46. The second kappa shape index (κ2) is 6.62. The number of rotatable bonds is 4. The van der Waals surface area contributed by atoms with Crippen LogP contribution in [0.3, 0.4) is 0 Å². The number of likely N-dealkylation sites (tertiary alicyclic amines) is 1. The molecule has 25 heavy (non-hydrogen) atoms. The molecule has 2 heterocycles. The number of amides is 1. The maximum atomic E-state index is 13.3. The van der Waals surface area contributed by atoms with E-state index in [1.807, 2.05) is 13.0 Å². The topological polar surface area (TPSA) is 59.2 Å². The molecule has 4 rings (SSSR count). The van der Waals surface area contributed by atoms with Crippen LogP contribution in [0.4, 0.5) is 0 Å². The van der Waals surface area contributed by atoms with Gasteiger partial charge < -0.3 is 9.42 Å². The number of hydrogen-bond donors (Lipinski definition) is 0. The lowest BCUT2D eigenvalue weighted by Gasteiger charge is -2.45. The van der Waals surface area contributed by atoms with Gasteiger partial charge in [0.25, 0.3) is 0 Å². The van der Waals surface area contributed by atoms with Crippen molar-refractivity contribution in [2.24, 2.45) is 5.41 Å². The summed E-state index contributed by atoms with van der Waals surface area (Å²) in [5.41, 5.74) is 1.06. The average molecular weight is 339 g/mol. The lowest BCUT2D eigenvalue weighted by atomic mass is 9.64. The molecule has 1 aliphatic heterocycles. The molecular formula is C20H25N3O2. The van der Waals surface area contributed by atoms with E-state index < -0.39 is 0 Å². The summed E-state index contributed by atoms with van der Waals surface area (Å²) in [6.07, 6.45) is 6.02. The molecule has 5 nitrogen and oxygen atoms in total. The number of nitrogens with zero attached hydrogens (tertiary/aromatic N) is 3. The fourth-order valence-corrected chi connectivity index (χ4v) is 4.23. The van der Waals surface area contributed by atoms with Gasteiger partial charge in [0.05, 0.1) is 11.3 Å². The number of aryl methyl sites for hydroxylation is 1. The molecule has 0 unspecified atom stereocenters. The first-order valence-electron chi connectivity index (χ1n) is 9.30. The third-order valence-corrected chi connectivity index (χ3v) is 5.75. The third-order valence-electron chi connectivity index (χ3n) is 5.75. The molecule has 1 saturated heterocycles. The van der Waals surface area contributed by atoms with Gasteiger partial charge in [-0.1, -0.05) is 41.9 Å². The number of benzene rings is 1. The summed E-state index contributed by atoms with van der Waals surface area (Å²) < 4.78 is 5.35. The smallest absolute Gasteiger partial charge is 0.231 e. The molecule has 2 fully saturated rings. The number of carbonyl (C=O) groups excluding carboxylic acids is 1. The maximum Gasteiger partial charge on any atom is 0.231 e. The van der Waals surface area contributed by atoms with E-state index in [9.17, 15) is 4.79 Å². The van der Waals surface area contributed by atoms with Crippen LogP contribution in [0.15, 0.2) is 34.9 Å². The monoisotopic (exact) mass is 339 g/mol. The van der Waals surface area contributed by atoms with Crippen LogP contribution in [0, 0.1) is 12.3 Å². The summed E-state index contributed by atoms with van der Waals surface area (Å²) in [6, 6.07) is 10.4. The molecule has 1 atom stereocenters. The zero-order valence-electron chi connectivity index (χ0n) is 14.8. The Morgan fingerprint density at radius 2 is 2.08 bits per heavy atom. The highest BCUT2D eigenvalue weighted by Gasteiger charge is 2.47. The van der Waals surface area contributed by atoms with Crippen LogP contribution < -0.4 is 0 Å². The maximum absolute atomic E-state index is 13.3. The van der Waals surface area contributed by atoms with Crippen LogP contribution in [-0.2, 0) is 11.2 Å². The fraction of sp³-hybridized carbons (Fsp3) is 0.550. The minimum absolute atomic E-state index is 0.174. The van der Waals surface area contributed by atoms with Crippen LogP contribution >= 0.6 is 0 Å². The van der Waals surface area contributed by atoms with Crippen molar-refractivity contribution in [3.63, 3.8) is 0 Å². The van der Waals surface area contributed by atoms with Gasteiger partial charge in [0.2, 0.25) is 11.8 Å². The predicted molar refractivity (Wildman–Crippen MR) is 94.0 cm³/mol. The van der Waals surface area contributed by atoms with E-state index in [0.717, 1.165) is 45.1 Å². The molecule has 0 N–H and O–H groups in total. The van der Waals surface area contributed by atoms with Gasteiger partial charge in [-0.25, -0.2) is 0 Å². The Balaban J connectivity index is 1.49. The van der Waals surface area contributed by atoms with Crippen LogP contribution in [0.25, 0.3) is 0 Å². The minimum Gasteiger partial charge on any atom is -0.341 e. The highest BCUT2D eigenvalue weighted by atomic mass is 16.5. The van der Waals surface area contributed by atoms with Crippen LogP contribution in [0.1, 0.15) is 55.3 Å². The molecule has 1 saturated carbocycles. The van der Waals surface area contributed by atoms with Crippen molar-refractivity contribution in [3.05, 3.63) is 47.6 Å². The van der Waals surface area contributed by atoms with Crippen molar-refractivity contribution in [1.29, 1.82) is 0 Å². The molecule has 2 aliphatic rings. The Hall–Kier alpha value is -2.17. The molecule has 2 aromatic rings. The van der Waals surface area contributed by atoms with Gasteiger partial charge in [-0.05, 0) is 44.6 Å². The Labute approximate surface area is 148 Å². The minimum atomic E-state index is -0.200. The summed E-state index contributed by atoms with van der Waals surface area (Å²) in [4.78, 5) is 19.8. The molecule has 0 spiro atoms. The summed E-state index contributed by atoms with van der Waals surface area (Å²) >= 11 is 0. The number of carbonyl (C=O) groups is 1. The number of aromatic nitrogens is 2. The Bertz CT molecular complexity index is 736. The molecule has 1 aromatic carbocycles. The molecule has 0 radical (unpaired) electrons. The van der Waals surface area contributed by atoms with E-state index in [-0.39, 0.29) is 11.3 Å². The number of piperidine rings is 1. The Kier molecular flexibility index (Phi) is 4.32. The standard InChI is InChI=1S/C20H25N3O2/c1-15-21-18(25-22-15)17-9-5-12-23(14-17)19(24)20(10-6-11-20)13-16-7-3-2-4-8-16/h2-4,7-8,17H,5-6,9-14H2,1H3/t17-/m0/s1. The zero-order valence-corrected chi connectivity index (χ0v) is 14.8. The van der Waals surface area contributed by atoms with Gasteiger partial charge >= 0.3 is 0 Å². The quantitative estimate of drug-likeness (QED) is 0.855. The van der Waals surface area contributed by atoms with Crippen molar-refractivity contribution < 1.29 is 9.32 Å². The zero-order chi connectivity index (χ0) is 17.3. The van der Waals surface area contributed by atoms with Gasteiger partial charge in [-0.3, -0.25) is 4.79 Å². The van der Waals surface area contributed by atoms with Crippen molar-refractivity contribution in [2.75, 3.05) is 13.1 Å². The summed E-state index contributed by atoms with van der Waals surface area (Å²) in [7, 11) is 0. The van der Waals surface area contributed by atoms with Crippen LogP contribution in [-0.4, -0.2) is 34.0 Å². The molecule has 0 bridgehead atoms. The predicted octanol–water partition coefficient (Wildman–Crippen LogP) is 3.50. The van der Waals surface area contributed by atoms with Crippen molar-refractivity contribution in [3.8, 4) is 0 Å². The van der Waals surface area contributed by atoms with Crippen LogP contribution in [0.2, 0.25) is 0 Å². The highest BCUT2D eigenvalue weighted by molar-refractivity contribution is 5.84. The second-order valence-electron chi connectivity index (χ2n) is 7.57. The van der Waals surface area contributed by atoms with Crippen molar-refractivity contribution in [1.82, 2.24) is 15.0 Å². The van der Waals surface area contributed by atoms with Gasteiger partial charge in [-0.2, -0.15) is 4.98 Å². The summed E-state index contributed by atoms with van der Waals surface area (Å²) in [5, 5.41) is 3.90. The first-order chi connectivity index (χ1) is 12.2. The van der Waals surface area contributed by atoms with E-state index in [4.69, 9.17) is 4.52 Å². The first kappa shape index (κ1) is 16.3. The molecular weight excluding hydrogens is 314 g/mol. The molecule has 132 valence electrons. The molecule has 1 aromatic heterocycles. The lowest BCUT2D eigenvalue weighted by Crippen LogP contribution is -2.51. The van der Waals surface area contributed by atoms with Gasteiger partial charge in [-0.15, -0.1) is 0 Å².